The lowest BCUT2D eigenvalue weighted by Crippen LogP contribution is -2.34. The maximum Gasteiger partial charge on any atom is 0.325 e. The standard InChI is InChI=1S/C15H14N2O8S/c1-3-25-10-5-8(4-9(13(10)19)17(22)23)6-11-14(20)16(15(21)26-11)7-12(18)24-2/h4-6,19H,3,7H2,1-2H3. The van der Waals surface area contributed by atoms with E-state index in [1.807, 2.05) is 0 Å². The molecule has 26 heavy (non-hydrogen) atoms. The van der Waals surface area contributed by atoms with Crippen molar-refractivity contribution in [1.82, 2.24) is 4.90 Å². The minimum atomic E-state index is -0.793. The van der Waals surface area contributed by atoms with E-state index in [-0.39, 0.29) is 22.8 Å². The smallest absolute Gasteiger partial charge is 0.325 e. The molecule has 1 fully saturated rings. The summed E-state index contributed by atoms with van der Waals surface area (Å²) in [5.74, 6) is -2.24. The number of carbonyl (C=O) groups excluding carboxylic acids is 3. The molecule has 0 bridgehead atoms. The van der Waals surface area contributed by atoms with Crippen LogP contribution in [0, 0.1) is 10.1 Å². The Hall–Kier alpha value is -3.08. The first-order chi connectivity index (χ1) is 12.3. The van der Waals surface area contributed by atoms with Gasteiger partial charge in [-0.25, -0.2) is 0 Å². The van der Waals surface area contributed by atoms with Crippen molar-refractivity contribution >= 4 is 40.6 Å². The summed E-state index contributed by atoms with van der Waals surface area (Å²) >= 11 is 0.584. The fourth-order valence-corrected chi connectivity index (χ4v) is 2.92. The first-order valence-corrected chi connectivity index (χ1v) is 8.06. The predicted octanol–water partition coefficient (Wildman–Crippen LogP) is 1.91. The zero-order chi connectivity index (χ0) is 19.4. The second-order valence-corrected chi connectivity index (χ2v) is 5.91. The molecule has 0 unspecified atom stereocenters. The van der Waals surface area contributed by atoms with Gasteiger partial charge in [-0.2, -0.15) is 0 Å². The number of hydrogen-bond acceptors (Lipinski definition) is 9. The highest BCUT2D eigenvalue weighted by atomic mass is 32.2. The fraction of sp³-hybridized carbons (Fsp3) is 0.267. The van der Waals surface area contributed by atoms with E-state index >= 15 is 0 Å². The second-order valence-electron chi connectivity index (χ2n) is 4.92. The highest BCUT2D eigenvalue weighted by Gasteiger charge is 2.36. The van der Waals surface area contributed by atoms with E-state index in [1.54, 1.807) is 6.92 Å². The molecule has 1 aliphatic rings. The van der Waals surface area contributed by atoms with Crippen molar-refractivity contribution in [2.45, 2.75) is 6.92 Å². The molecule has 138 valence electrons. The van der Waals surface area contributed by atoms with Gasteiger partial charge in [0.2, 0.25) is 5.75 Å². The maximum absolute atomic E-state index is 12.3. The summed E-state index contributed by atoms with van der Waals surface area (Å²) in [6, 6.07) is 2.35. The number of phenols is 1. The molecule has 2 rings (SSSR count). The van der Waals surface area contributed by atoms with Crippen LogP contribution < -0.4 is 4.74 Å². The van der Waals surface area contributed by atoms with Crippen molar-refractivity contribution in [3.05, 3.63) is 32.7 Å². The van der Waals surface area contributed by atoms with Crippen molar-refractivity contribution in [2.75, 3.05) is 20.3 Å². The summed E-state index contributed by atoms with van der Waals surface area (Å²) in [6.07, 6.45) is 1.25. The van der Waals surface area contributed by atoms with E-state index in [4.69, 9.17) is 4.74 Å². The van der Waals surface area contributed by atoms with Gasteiger partial charge in [-0.05, 0) is 36.4 Å². The quantitative estimate of drug-likeness (QED) is 0.338. The summed E-state index contributed by atoms with van der Waals surface area (Å²) in [4.78, 5) is 46.4. The average molecular weight is 382 g/mol. The van der Waals surface area contributed by atoms with E-state index in [0.29, 0.717) is 16.7 Å². The molecule has 1 heterocycles. The molecule has 0 radical (unpaired) electrons. The van der Waals surface area contributed by atoms with E-state index < -0.39 is 40.0 Å². The first-order valence-electron chi connectivity index (χ1n) is 7.24. The first kappa shape index (κ1) is 19.2. The minimum absolute atomic E-state index is 0.0265. The Morgan fingerprint density at radius 1 is 1.42 bits per heavy atom. The molecular formula is C15H14N2O8S. The third-order valence-corrected chi connectivity index (χ3v) is 4.17. The van der Waals surface area contributed by atoms with Crippen LogP contribution in [0.25, 0.3) is 6.08 Å². The summed E-state index contributed by atoms with van der Waals surface area (Å²) in [7, 11) is 1.13. The van der Waals surface area contributed by atoms with Gasteiger partial charge >= 0.3 is 11.7 Å². The van der Waals surface area contributed by atoms with E-state index in [0.717, 1.165) is 13.2 Å². The van der Waals surface area contributed by atoms with Crippen LogP contribution in [0.5, 0.6) is 11.5 Å². The number of nitro groups is 1. The Labute approximate surface area is 151 Å². The van der Waals surface area contributed by atoms with Crippen molar-refractivity contribution in [2.24, 2.45) is 0 Å². The lowest BCUT2D eigenvalue weighted by molar-refractivity contribution is -0.386. The Bertz CT molecular complexity index is 820. The lowest BCUT2D eigenvalue weighted by Gasteiger charge is -2.10. The van der Waals surface area contributed by atoms with Gasteiger partial charge in [-0.1, -0.05) is 0 Å². The number of aromatic hydroxyl groups is 1. The van der Waals surface area contributed by atoms with Gasteiger partial charge in [0.05, 0.1) is 23.5 Å². The maximum atomic E-state index is 12.3. The monoisotopic (exact) mass is 382 g/mol. The average Bonchev–Trinajstić information content (AvgIpc) is 2.84. The SMILES string of the molecule is CCOc1cc(C=C2SC(=O)N(CC(=O)OC)C2=O)cc([N+](=O)[O-])c1O. The number of hydrogen-bond donors (Lipinski definition) is 1. The Morgan fingerprint density at radius 2 is 2.12 bits per heavy atom. The summed E-state index contributed by atoms with van der Waals surface area (Å²) in [5.41, 5.74) is -0.419. The molecule has 1 saturated heterocycles. The molecule has 0 saturated carbocycles. The van der Waals surface area contributed by atoms with Crippen molar-refractivity contribution < 1.29 is 33.9 Å². The molecule has 0 spiro atoms. The summed E-state index contributed by atoms with van der Waals surface area (Å²) in [5, 5.41) is 20.3. The van der Waals surface area contributed by atoms with Crippen LogP contribution >= 0.6 is 11.8 Å². The van der Waals surface area contributed by atoms with Crippen LogP contribution in [0.4, 0.5) is 10.5 Å². The highest BCUT2D eigenvalue weighted by Crippen LogP contribution is 2.39. The molecule has 1 aromatic rings. The largest absolute Gasteiger partial charge is 0.500 e. The van der Waals surface area contributed by atoms with Crippen molar-refractivity contribution in [3.8, 4) is 11.5 Å². The van der Waals surface area contributed by atoms with Crippen molar-refractivity contribution in [3.63, 3.8) is 0 Å². The summed E-state index contributed by atoms with van der Waals surface area (Å²) in [6.45, 7) is 1.26. The van der Waals surface area contributed by atoms with Crippen LogP contribution in [0.1, 0.15) is 12.5 Å². The van der Waals surface area contributed by atoms with Gasteiger partial charge in [0, 0.05) is 6.07 Å². The Morgan fingerprint density at radius 3 is 2.69 bits per heavy atom. The van der Waals surface area contributed by atoms with Crippen LogP contribution in [0.15, 0.2) is 17.0 Å². The highest BCUT2D eigenvalue weighted by molar-refractivity contribution is 8.18. The number of thioether (sulfide) groups is 1. The molecule has 2 amide bonds. The minimum Gasteiger partial charge on any atom is -0.500 e. The number of nitro benzene ring substituents is 1. The number of phenolic OH excluding ortho intramolecular Hbond substituents is 1. The van der Waals surface area contributed by atoms with Crippen LogP contribution in [0.2, 0.25) is 0 Å². The molecule has 1 N–H and O–H groups in total. The molecule has 11 heteroatoms. The topological polar surface area (TPSA) is 136 Å². The molecule has 0 atom stereocenters. The van der Waals surface area contributed by atoms with Crippen LogP contribution in [0.3, 0.4) is 0 Å². The predicted molar refractivity (Wildman–Crippen MR) is 90.6 cm³/mol. The van der Waals surface area contributed by atoms with E-state index in [2.05, 4.69) is 4.74 Å². The van der Waals surface area contributed by atoms with Gasteiger partial charge in [0.15, 0.2) is 5.75 Å². The van der Waals surface area contributed by atoms with Gasteiger partial charge < -0.3 is 14.6 Å². The number of nitrogens with zero attached hydrogens (tertiary/aromatic N) is 2. The third-order valence-electron chi connectivity index (χ3n) is 3.26. The molecule has 1 aliphatic heterocycles. The molecule has 10 nitrogen and oxygen atoms in total. The van der Waals surface area contributed by atoms with Crippen LogP contribution in [-0.2, 0) is 14.3 Å². The number of ether oxygens (including phenoxy) is 2. The third kappa shape index (κ3) is 3.94. The van der Waals surface area contributed by atoms with Crippen molar-refractivity contribution in [1.29, 1.82) is 0 Å². The second kappa shape index (κ2) is 7.87. The zero-order valence-electron chi connectivity index (χ0n) is 13.8. The lowest BCUT2D eigenvalue weighted by atomic mass is 10.1. The number of carbonyl (C=O) groups is 3. The molecular weight excluding hydrogens is 368 g/mol. The van der Waals surface area contributed by atoms with Gasteiger partial charge in [-0.15, -0.1) is 0 Å². The van der Waals surface area contributed by atoms with E-state index in [1.165, 1.54) is 12.1 Å². The zero-order valence-corrected chi connectivity index (χ0v) is 14.6. The van der Waals surface area contributed by atoms with Gasteiger partial charge in [-0.3, -0.25) is 29.4 Å². The molecule has 1 aromatic carbocycles. The molecule has 0 aliphatic carbocycles. The van der Waals surface area contributed by atoms with Gasteiger partial charge in [0.1, 0.15) is 6.54 Å². The number of imide groups is 1. The van der Waals surface area contributed by atoms with Gasteiger partial charge in [0.25, 0.3) is 11.1 Å². The Balaban J connectivity index is 2.40. The number of rotatable bonds is 6. The normalized spacial score (nSPS) is 15.5. The number of esters is 1. The number of methoxy groups -OCH3 is 1. The summed E-state index contributed by atoms with van der Waals surface area (Å²) < 4.78 is 9.58. The number of amides is 2. The fourth-order valence-electron chi connectivity index (χ4n) is 2.08. The Kier molecular flexibility index (Phi) is 5.82. The van der Waals surface area contributed by atoms with Crippen LogP contribution in [-0.4, -0.2) is 52.3 Å². The molecule has 0 aromatic heterocycles. The number of benzene rings is 1. The van der Waals surface area contributed by atoms with E-state index in [9.17, 15) is 29.6 Å².